The molecule has 0 fully saturated rings. The van der Waals surface area contributed by atoms with E-state index in [1.54, 1.807) is 14.2 Å². The zero-order chi connectivity index (χ0) is 12.4. The van der Waals surface area contributed by atoms with Gasteiger partial charge in [-0.25, -0.2) is 0 Å². The molecule has 2 rings (SSSR count). The van der Waals surface area contributed by atoms with Crippen LogP contribution in [0.4, 0.5) is 0 Å². The van der Waals surface area contributed by atoms with Crippen molar-refractivity contribution in [3.63, 3.8) is 0 Å². The van der Waals surface area contributed by atoms with Gasteiger partial charge in [-0.1, -0.05) is 22.4 Å². The Kier molecular flexibility index (Phi) is 3.97. The van der Waals surface area contributed by atoms with Gasteiger partial charge in [0.1, 0.15) is 0 Å². The van der Waals surface area contributed by atoms with E-state index in [9.17, 15) is 0 Å². The molecule has 0 N–H and O–H groups in total. The third kappa shape index (κ3) is 2.30. The Morgan fingerprint density at radius 3 is 2.65 bits per heavy atom. The summed E-state index contributed by atoms with van der Waals surface area (Å²) >= 11 is 3.79. The monoisotopic (exact) mass is 298 g/mol. The van der Waals surface area contributed by atoms with Gasteiger partial charge in [-0.05, 0) is 43.4 Å². The maximum Gasteiger partial charge on any atom is 0.165 e. The lowest BCUT2D eigenvalue weighted by atomic mass is 9.96. The molecule has 0 aromatic heterocycles. The van der Waals surface area contributed by atoms with Crippen molar-refractivity contribution in [3.8, 4) is 11.5 Å². The molecule has 17 heavy (non-hydrogen) atoms. The Hall–Kier alpha value is -0.700. The van der Waals surface area contributed by atoms with Crippen LogP contribution >= 0.6 is 15.9 Å². The number of benzene rings is 1. The Morgan fingerprint density at radius 2 is 2.00 bits per heavy atom. The average molecular weight is 299 g/mol. The fraction of sp³-hybridized carbons (Fsp3) is 0.571. The van der Waals surface area contributed by atoms with Gasteiger partial charge in [0.2, 0.25) is 0 Å². The third-order valence-corrected chi connectivity index (χ3v) is 4.40. The van der Waals surface area contributed by atoms with E-state index < -0.39 is 0 Å². The van der Waals surface area contributed by atoms with Gasteiger partial charge in [0.05, 0.1) is 14.2 Å². The number of rotatable bonds is 2. The summed E-state index contributed by atoms with van der Waals surface area (Å²) in [5.41, 5.74) is 4.04. The zero-order valence-electron chi connectivity index (χ0n) is 10.7. The predicted octanol–water partition coefficient (Wildman–Crippen LogP) is 4.17. The normalized spacial score (nSPS) is 19.4. The van der Waals surface area contributed by atoms with Crippen LogP contribution in [0.2, 0.25) is 0 Å². The minimum absolute atomic E-state index is 0.378. The van der Waals surface area contributed by atoms with E-state index in [4.69, 9.17) is 9.47 Å². The number of aryl methyl sites for hydroxylation is 1. The number of hydrogen-bond donors (Lipinski definition) is 0. The summed E-state index contributed by atoms with van der Waals surface area (Å²) in [6, 6.07) is 2.09. The molecule has 0 aliphatic heterocycles. The van der Waals surface area contributed by atoms with Gasteiger partial charge < -0.3 is 9.47 Å². The molecule has 1 aromatic rings. The predicted molar refractivity (Wildman–Crippen MR) is 73.5 cm³/mol. The molecular formula is C14H19BrO2. The van der Waals surface area contributed by atoms with Crippen LogP contribution in [-0.4, -0.2) is 14.2 Å². The van der Waals surface area contributed by atoms with Crippen LogP contribution in [0, 0.1) is 6.92 Å². The fourth-order valence-corrected chi connectivity index (χ4v) is 3.43. The van der Waals surface area contributed by atoms with Gasteiger partial charge in [0.15, 0.2) is 11.5 Å². The summed E-state index contributed by atoms with van der Waals surface area (Å²) in [6.07, 6.45) is 4.82. The van der Waals surface area contributed by atoms with Crippen LogP contribution in [-0.2, 0) is 6.42 Å². The largest absolute Gasteiger partial charge is 0.493 e. The minimum atomic E-state index is 0.378. The van der Waals surface area contributed by atoms with E-state index in [1.165, 1.54) is 29.5 Å². The van der Waals surface area contributed by atoms with Crippen molar-refractivity contribution < 1.29 is 9.47 Å². The molecular weight excluding hydrogens is 280 g/mol. The summed E-state index contributed by atoms with van der Waals surface area (Å²) < 4.78 is 11.0. The van der Waals surface area contributed by atoms with Gasteiger partial charge in [0, 0.05) is 10.4 Å². The van der Waals surface area contributed by atoms with Crippen molar-refractivity contribution in [1.82, 2.24) is 0 Å². The van der Waals surface area contributed by atoms with Gasteiger partial charge in [0.25, 0.3) is 0 Å². The van der Waals surface area contributed by atoms with Crippen molar-refractivity contribution in [2.75, 3.05) is 14.2 Å². The van der Waals surface area contributed by atoms with E-state index in [-0.39, 0.29) is 0 Å². The first-order chi connectivity index (χ1) is 8.19. The molecule has 3 heteroatoms. The van der Waals surface area contributed by atoms with Crippen LogP contribution in [0.1, 0.15) is 40.8 Å². The first-order valence-electron chi connectivity index (χ1n) is 6.07. The van der Waals surface area contributed by atoms with Crippen molar-refractivity contribution in [2.45, 2.75) is 37.4 Å². The second kappa shape index (κ2) is 5.30. The molecule has 1 aliphatic carbocycles. The quantitative estimate of drug-likeness (QED) is 0.602. The second-order valence-corrected chi connectivity index (χ2v) is 5.64. The number of halogens is 1. The van der Waals surface area contributed by atoms with E-state index >= 15 is 0 Å². The van der Waals surface area contributed by atoms with Gasteiger partial charge in [-0.3, -0.25) is 0 Å². The Balaban J connectivity index is 2.64. The van der Waals surface area contributed by atoms with Crippen molar-refractivity contribution >= 4 is 15.9 Å². The lowest BCUT2D eigenvalue weighted by Gasteiger charge is -2.20. The fourth-order valence-electron chi connectivity index (χ4n) is 2.63. The highest BCUT2D eigenvalue weighted by Crippen LogP contribution is 2.46. The number of fused-ring (bicyclic) bond motifs is 1. The van der Waals surface area contributed by atoms with Crippen LogP contribution in [0.5, 0.6) is 11.5 Å². The summed E-state index contributed by atoms with van der Waals surface area (Å²) in [5, 5.41) is 0. The molecule has 0 saturated heterocycles. The molecule has 1 atom stereocenters. The summed E-state index contributed by atoms with van der Waals surface area (Å²) in [7, 11) is 3.42. The van der Waals surface area contributed by atoms with E-state index in [0.717, 1.165) is 24.3 Å². The third-order valence-electron chi connectivity index (χ3n) is 3.49. The lowest BCUT2D eigenvalue weighted by Crippen LogP contribution is -2.03. The average Bonchev–Trinajstić information content (AvgIpc) is 2.52. The standard InChI is InChI=1S/C14H19BrO2/c1-9-8-12(16-2)14(17-3)13-10(9)6-4-5-7-11(13)15/h8,11H,4-7H2,1-3H3. The summed E-state index contributed by atoms with van der Waals surface area (Å²) in [4.78, 5) is 0.378. The second-order valence-electron chi connectivity index (χ2n) is 4.53. The molecule has 0 saturated carbocycles. The number of alkyl halides is 1. The van der Waals surface area contributed by atoms with E-state index in [2.05, 4.69) is 28.9 Å². The molecule has 1 aliphatic rings. The molecule has 0 radical (unpaired) electrons. The van der Waals surface area contributed by atoms with Crippen molar-refractivity contribution in [3.05, 3.63) is 22.8 Å². The van der Waals surface area contributed by atoms with Gasteiger partial charge >= 0.3 is 0 Å². The molecule has 1 aromatic carbocycles. The number of methoxy groups -OCH3 is 2. The van der Waals surface area contributed by atoms with E-state index in [1.807, 2.05) is 0 Å². The van der Waals surface area contributed by atoms with Gasteiger partial charge in [-0.15, -0.1) is 0 Å². The van der Waals surface area contributed by atoms with Crippen LogP contribution in [0.3, 0.4) is 0 Å². The number of hydrogen-bond acceptors (Lipinski definition) is 2. The molecule has 1 unspecified atom stereocenters. The molecule has 0 bridgehead atoms. The Bertz CT molecular complexity index is 415. The first-order valence-corrected chi connectivity index (χ1v) is 6.99. The maximum absolute atomic E-state index is 5.56. The first kappa shape index (κ1) is 12.7. The lowest BCUT2D eigenvalue weighted by molar-refractivity contribution is 0.350. The van der Waals surface area contributed by atoms with Crippen molar-refractivity contribution in [1.29, 1.82) is 0 Å². The molecule has 2 nitrogen and oxygen atoms in total. The van der Waals surface area contributed by atoms with Crippen LogP contribution in [0.25, 0.3) is 0 Å². The van der Waals surface area contributed by atoms with Gasteiger partial charge in [-0.2, -0.15) is 0 Å². The SMILES string of the molecule is COc1cc(C)c2c(c1OC)C(Br)CCCC2. The smallest absolute Gasteiger partial charge is 0.165 e. The molecule has 94 valence electrons. The molecule has 0 amide bonds. The maximum atomic E-state index is 5.56. The van der Waals surface area contributed by atoms with Crippen LogP contribution < -0.4 is 9.47 Å². The van der Waals surface area contributed by atoms with E-state index in [0.29, 0.717) is 4.83 Å². The Morgan fingerprint density at radius 1 is 1.24 bits per heavy atom. The highest BCUT2D eigenvalue weighted by molar-refractivity contribution is 9.09. The summed E-state index contributed by atoms with van der Waals surface area (Å²) in [6.45, 7) is 2.16. The highest BCUT2D eigenvalue weighted by atomic mass is 79.9. The van der Waals surface area contributed by atoms with Crippen molar-refractivity contribution in [2.24, 2.45) is 0 Å². The molecule has 0 heterocycles. The zero-order valence-corrected chi connectivity index (χ0v) is 12.3. The molecule has 0 spiro atoms. The minimum Gasteiger partial charge on any atom is -0.493 e. The number of ether oxygens (including phenoxy) is 2. The topological polar surface area (TPSA) is 18.5 Å². The summed E-state index contributed by atoms with van der Waals surface area (Å²) in [5.74, 6) is 1.74. The van der Waals surface area contributed by atoms with Crippen LogP contribution in [0.15, 0.2) is 6.07 Å². The Labute approximate surface area is 111 Å². The highest BCUT2D eigenvalue weighted by Gasteiger charge is 2.24.